The number of carbonyl (C=O) groups excluding carboxylic acids is 3. The van der Waals surface area contributed by atoms with Crippen LogP contribution in [-0.4, -0.2) is 50.3 Å². The molecule has 7 heteroatoms. The Bertz CT molecular complexity index is 593. The number of nitrogens with one attached hydrogen (secondary N) is 1. The van der Waals surface area contributed by atoms with Gasteiger partial charge in [0, 0.05) is 12.5 Å². The van der Waals surface area contributed by atoms with Crippen LogP contribution in [0.15, 0.2) is 30.3 Å². The van der Waals surface area contributed by atoms with Crippen molar-refractivity contribution in [1.29, 1.82) is 0 Å². The average Bonchev–Trinajstić information content (AvgIpc) is 3.18. The number of carbonyl (C=O) groups is 3. The molecule has 1 fully saturated rings. The van der Waals surface area contributed by atoms with E-state index in [9.17, 15) is 14.4 Å². The molecule has 0 saturated carbocycles. The molecule has 1 unspecified atom stereocenters. The summed E-state index contributed by atoms with van der Waals surface area (Å²) in [6, 6.07) is 8.31. The monoisotopic (exact) mass is 349 g/mol. The smallest absolute Gasteiger partial charge is 0.362 e. The molecule has 0 aliphatic carbocycles. The van der Waals surface area contributed by atoms with Crippen molar-refractivity contribution < 1.29 is 28.6 Å². The number of methoxy groups -OCH3 is 2. The summed E-state index contributed by atoms with van der Waals surface area (Å²) in [4.78, 5) is 37.2. The molecule has 0 radical (unpaired) electrons. The highest BCUT2D eigenvalue weighted by Crippen LogP contribution is 2.27. The van der Waals surface area contributed by atoms with E-state index in [1.165, 1.54) is 0 Å². The van der Waals surface area contributed by atoms with Gasteiger partial charge in [0.1, 0.15) is 0 Å². The summed E-state index contributed by atoms with van der Waals surface area (Å²) in [5.41, 5.74) is -1.88. The van der Waals surface area contributed by atoms with E-state index in [0.717, 1.165) is 33.6 Å². The van der Waals surface area contributed by atoms with Crippen LogP contribution in [0, 0.1) is 0 Å². The molecule has 136 valence electrons. The second kappa shape index (κ2) is 8.62. The molecule has 1 aromatic rings. The van der Waals surface area contributed by atoms with Gasteiger partial charge in [0.15, 0.2) is 0 Å². The van der Waals surface area contributed by atoms with E-state index < -0.39 is 23.5 Å². The highest BCUT2D eigenvalue weighted by Gasteiger charge is 2.52. The quantitative estimate of drug-likeness (QED) is 0.453. The first-order valence-electron chi connectivity index (χ1n) is 8.22. The fourth-order valence-corrected chi connectivity index (χ4v) is 2.92. The van der Waals surface area contributed by atoms with Gasteiger partial charge in [-0.1, -0.05) is 18.2 Å². The second-order valence-corrected chi connectivity index (χ2v) is 5.90. The minimum absolute atomic E-state index is 0.0113. The highest BCUT2D eigenvalue weighted by atomic mass is 16.6. The van der Waals surface area contributed by atoms with Crippen LogP contribution in [0.1, 0.15) is 36.0 Å². The van der Waals surface area contributed by atoms with Crippen LogP contribution in [0.5, 0.6) is 0 Å². The van der Waals surface area contributed by atoms with Gasteiger partial charge in [-0.3, -0.25) is 0 Å². The molecule has 1 aliphatic heterocycles. The van der Waals surface area contributed by atoms with Gasteiger partial charge in [0.25, 0.3) is 0 Å². The van der Waals surface area contributed by atoms with Gasteiger partial charge in [-0.05, 0) is 37.9 Å². The first-order chi connectivity index (χ1) is 12.0. The molecule has 0 aromatic heterocycles. The van der Waals surface area contributed by atoms with Crippen molar-refractivity contribution in [2.45, 2.75) is 37.3 Å². The van der Waals surface area contributed by atoms with Crippen molar-refractivity contribution in [2.24, 2.45) is 0 Å². The van der Waals surface area contributed by atoms with Gasteiger partial charge in [-0.15, -0.1) is 0 Å². The van der Waals surface area contributed by atoms with Crippen molar-refractivity contribution in [3.63, 3.8) is 0 Å². The Kier molecular flexibility index (Phi) is 6.52. The van der Waals surface area contributed by atoms with Crippen LogP contribution >= 0.6 is 0 Å². The fourth-order valence-electron chi connectivity index (χ4n) is 2.92. The van der Waals surface area contributed by atoms with Crippen molar-refractivity contribution in [1.82, 2.24) is 5.32 Å². The van der Waals surface area contributed by atoms with E-state index >= 15 is 0 Å². The third kappa shape index (κ3) is 4.36. The molecule has 1 atom stereocenters. The van der Waals surface area contributed by atoms with E-state index in [2.05, 4.69) is 5.32 Å². The first-order valence-corrected chi connectivity index (χ1v) is 8.22. The number of ether oxygens (including phenoxy) is 3. The number of benzene rings is 1. The Balaban J connectivity index is 2.26. The normalized spacial score (nSPS) is 17.0. The lowest BCUT2D eigenvalue weighted by molar-refractivity contribution is -0.182. The van der Waals surface area contributed by atoms with Gasteiger partial charge in [0.2, 0.25) is 0 Å². The molecule has 1 heterocycles. The van der Waals surface area contributed by atoms with Crippen molar-refractivity contribution >= 4 is 17.9 Å². The van der Waals surface area contributed by atoms with E-state index in [-0.39, 0.29) is 18.0 Å². The maximum atomic E-state index is 12.4. The average molecular weight is 349 g/mol. The van der Waals surface area contributed by atoms with E-state index in [1.807, 2.05) is 0 Å². The fraction of sp³-hybridized carbons (Fsp3) is 0.500. The molecule has 1 aliphatic rings. The summed E-state index contributed by atoms with van der Waals surface area (Å²) in [6.07, 6.45) is 2.43. The second-order valence-electron chi connectivity index (χ2n) is 5.90. The largest absolute Gasteiger partial charge is 0.466 e. The Hall–Kier alpha value is -2.41. The zero-order valence-corrected chi connectivity index (χ0v) is 14.4. The zero-order valence-electron chi connectivity index (χ0n) is 14.4. The number of rotatable bonds is 7. The third-order valence-electron chi connectivity index (χ3n) is 4.31. The molecule has 2 rings (SSSR count). The van der Waals surface area contributed by atoms with Crippen LogP contribution < -0.4 is 5.32 Å². The lowest BCUT2D eigenvalue weighted by atomic mass is 9.93. The van der Waals surface area contributed by atoms with E-state index in [1.54, 1.807) is 30.3 Å². The standard InChI is InChI=1S/C18H23NO6/c1-23-16(21)18(17(22)24-2,11-10-14-9-6-12-19-14)25-15(20)13-7-4-3-5-8-13/h3-5,7-8,14,19H,6,9-12H2,1-2H3. The summed E-state index contributed by atoms with van der Waals surface area (Å²) < 4.78 is 14.9. The van der Waals surface area contributed by atoms with Crippen molar-refractivity contribution in [3.8, 4) is 0 Å². The van der Waals surface area contributed by atoms with Crippen molar-refractivity contribution in [3.05, 3.63) is 35.9 Å². The maximum absolute atomic E-state index is 12.4. The highest BCUT2D eigenvalue weighted by molar-refractivity contribution is 6.06. The zero-order chi connectivity index (χ0) is 18.3. The summed E-state index contributed by atoms with van der Waals surface area (Å²) >= 11 is 0. The van der Waals surface area contributed by atoms with Gasteiger partial charge in [-0.25, -0.2) is 14.4 Å². The third-order valence-corrected chi connectivity index (χ3v) is 4.31. The molecular formula is C18H23NO6. The number of hydrogen-bond acceptors (Lipinski definition) is 7. The van der Waals surface area contributed by atoms with Gasteiger partial charge in [-0.2, -0.15) is 0 Å². The van der Waals surface area contributed by atoms with Crippen LogP contribution in [0.4, 0.5) is 0 Å². The minimum Gasteiger partial charge on any atom is -0.466 e. The summed E-state index contributed by atoms with van der Waals surface area (Å²) in [5.74, 6) is -2.67. The molecule has 1 N–H and O–H groups in total. The van der Waals surface area contributed by atoms with E-state index in [0.29, 0.717) is 6.42 Å². The predicted molar refractivity (Wildman–Crippen MR) is 88.9 cm³/mol. The van der Waals surface area contributed by atoms with Crippen LogP contribution in [0.3, 0.4) is 0 Å². The molecule has 0 spiro atoms. The molecular weight excluding hydrogens is 326 g/mol. The van der Waals surface area contributed by atoms with Crippen LogP contribution in [0.2, 0.25) is 0 Å². The van der Waals surface area contributed by atoms with Crippen molar-refractivity contribution in [2.75, 3.05) is 20.8 Å². The first kappa shape index (κ1) is 18.9. The van der Waals surface area contributed by atoms with Gasteiger partial charge in [0.05, 0.1) is 19.8 Å². The lowest BCUT2D eigenvalue weighted by Gasteiger charge is -2.29. The van der Waals surface area contributed by atoms with Crippen LogP contribution in [-0.2, 0) is 23.8 Å². The lowest BCUT2D eigenvalue weighted by Crippen LogP contribution is -2.52. The summed E-state index contributed by atoms with van der Waals surface area (Å²) in [5, 5.41) is 3.28. The topological polar surface area (TPSA) is 90.9 Å². The minimum atomic E-state index is -2.11. The Labute approximate surface area is 146 Å². The van der Waals surface area contributed by atoms with Crippen LogP contribution in [0.25, 0.3) is 0 Å². The number of esters is 3. The maximum Gasteiger partial charge on any atom is 0.362 e. The summed E-state index contributed by atoms with van der Waals surface area (Å²) in [7, 11) is 2.29. The van der Waals surface area contributed by atoms with Gasteiger partial charge >= 0.3 is 23.5 Å². The summed E-state index contributed by atoms with van der Waals surface area (Å²) in [6.45, 7) is 0.887. The van der Waals surface area contributed by atoms with Gasteiger partial charge < -0.3 is 19.5 Å². The predicted octanol–water partition coefficient (Wildman–Crippen LogP) is 1.46. The molecule has 0 amide bonds. The number of hydrogen-bond donors (Lipinski definition) is 1. The molecule has 1 saturated heterocycles. The molecule has 7 nitrogen and oxygen atoms in total. The molecule has 1 aromatic carbocycles. The Morgan fingerprint density at radius 3 is 2.28 bits per heavy atom. The molecule has 25 heavy (non-hydrogen) atoms. The Morgan fingerprint density at radius 2 is 1.76 bits per heavy atom. The van der Waals surface area contributed by atoms with E-state index in [4.69, 9.17) is 14.2 Å². The SMILES string of the molecule is COC(=O)C(CCC1CCCN1)(OC(=O)c1ccccc1)C(=O)OC. The molecule has 0 bridgehead atoms. The Morgan fingerprint density at radius 1 is 1.12 bits per heavy atom.